The molecule has 0 bridgehead atoms. The van der Waals surface area contributed by atoms with Crippen LogP contribution in [0.3, 0.4) is 0 Å². The highest BCUT2D eigenvalue weighted by Gasteiger charge is 2.39. The van der Waals surface area contributed by atoms with Crippen molar-refractivity contribution in [2.75, 3.05) is 13.1 Å². The lowest BCUT2D eigenvalue weighted by atomic mass is 10.1. The Morgan fingerprint density at radius 3 is 2.35 bits per heavy atom. The minimum absolute atomic E-state index is 0.209. The maximum absolute atomic E-state index is 12.1. The first kappa shape index (κ1) is 15.9. The van der Waals surface area contributed by atoms with Crippen molar-refractivity contribution in [1.82, 2.24) is 14.1 Å². The summed E-state index contributed by atoms with van der Waals surface area (Å²) in [5.74, 6) is 0. The third-order valence-corrected chi connectivity index (χ3v) is 6.23. The minimum Gasteiger partial charge on any atom is -0.268 e. The number of nitrogens with zero attached hydrogens (tertiary/aromatic N) is 3. The van der Waals surface area contributed by atoms with Crippen molar-refractivity contribution in [3.8, 4) is 11.3 Å². The molecule has 2 aromatic rings. The van der Waals surface area contributed by atoms with Crippen molar-refractivity contribution in [2.45, 2.75) is 25.1 Å². The summed E-state index contributed by atoms with van der Waals surface area (Å²) in [7, 11) is -3.27. The number of aromatic nitrogens is 2. The summed E-state index contributed by atoms with van der Waals surface area (Å²) in [4.78, 5) is 12.1. The average molecular weight is 333 g/mol. The van der Waals surface area contributed by atoms with Gasteiger partial charge in [0, 0.05) is 24.7 Å². The Morgan fingerprint density at radius 2 is 1.74 bits per heavy atom. The van der Waals surface area contributed by atoms with E-state index in [1.54, 1.807) is 19.9 Å². The van der Waals surface area contributed by atoms with Crippen LogP contribution in [0.5, 0.6) is 0 Å². The summed E-state index contributed by atoms with van der Waals surface area (Å²) in [5.41, 5.74) is 1.42. The molecule has 1 aromatic heterocycles. The molecule has 0 saturated carbocycles. The van der Waals surface area contributed by atoms with Crippen LogP contribution in [0.4, 0.5) is 0 Å². The SMILES string of the molecule is CC(C)S(=O)(=O)N1CC(n2nc(-c3ccccc3)ccc2=O)C1. The molecule has 122 valence electrons. The highest BCUT2D eigenvalue weighted by molar-refractivity contribution is 7.89. The van der Waals surface area contributed by atoms with Gasteiger partial charge < -0.3 is 0 Å². The fraction of sp³-hybridized carbons (Fsp3) is 0.375. The summed E-state index contributed by atoms with van der Waals surface area (Å²) in [6.45, 7) is 3.91. The van der Waals surface area contributed by atoms with E-state index in [-0.39, 0.29) is 11.6 Å². The van der Waals surface area contributed by atoms with E-state index in [0.717, 1.165) is 5.56 Å². The van der Waals surface area contributed by atoms with Crippen molar-refractivity contribution in [3.05, 3.63) is 52.8 Å². The zero-order valence-corrected chi connectivity index (χ0v) is 13.9. The second-order valence-electron chi connectivity index (χ2n) is 5.93. The van der Waals surface area contributed by atoms with Crippen LogP contribution in [0.25, 0.3) is 11.3 Å². The van der Waals surface area contributed by atoms with Gasteiger partial charge in [0.2, 0.25) is 10.0 Å². The minimum atomic E-state index is -3.27. The van der Waals surface area contributed by atoms with E-state index in [9.17, 15) is 13.2 Å². The molecule has 7 heteroatoms. The molecule has 3 rings (SSSR count). The summed E-state index contributed by atoms with van der Waals surface area (Å²) >= 11 is 0. The van der Waals surface area contributed by atoms with Crippen LogP contribution in [0.1, 0.15) is 19.9 Å². The lowest BCUT2D eigenvalue weighted by molar-refractivity contribution is 0.184. The highest BCUT2D eigenvalue weighted by atomic mass is 32.2. The maximum Gasteiger partial charge on any atom is 0.267 e. The van der Waals surface area contributed by atoms with Crippen molar-refractivity contribution in [2.24, 2.45) is 0 Å². The van der Waals surface area contributed by atoms with Crippen LogP contribution in [0, 0.1) is 0 Å². The second-order valence-corrected chi connectivity index (χ2v) is 8.42. The Kier molecular flexibility index (Phi) is 4.08. The van der Waals surface area contributed by atoms with Gasteiger partial charge >= 0.3 is 0 Å². The molecule has 0 aliphatic carbocycles. The number of benzene rings is 1. The second kappa shape index (κ2) is 5.90. The van der Waals surface area contributed by atoms with Crippen LogP contribution in [-0.4, -0.2) is 40.8 Å². The van der Waals surface area contributed by atoms with E-state index in [4.69, 9.17) is 0 Å². The Bertz CT molecular complexity index is 854. The third kappa shape index (κ3) is 2.94. The normalized spacial score (nSPS) is 16.5. The van der Waals surface area contributed by atoms with Crippen LogP contribution in [0.2, 0.25) is 0 Å². The molecule has 1 aliphatic heterocycles. The van der Waals surface area contributed by atoms with E-state index in [0.29, 0.717) is 18.8 Å². The first-order valence-electron chi connectivity index (χ1n) is 7.54. The standard InChI is InChI=1S/C16H19N3O3S/c1-12(2)23(21,22)18-10-14(11-18)19-16(20)9-8-15(17-19)13-6-4-3-5-7-13/h3-9,12,14H,10-11H2,1-2H3. The molecule has 1 fully saturated rings. The van der Waals surface area contributed by atoms with Crippen LogP contribution >= 0.6 is 0 Å². The van der Waals surface area contributed by atoms with E-state index < -0.39 is 15.3 Å². The highest BCUT2D eigenvalue weighted by Crippen LogP contribution is 2.25. The predicted molar refractivity (Wildman–Crippen MR) is 88.6 cm³/mol. The van der Waals surface area contributed by atoms with Crippen molar-refractivity contribution in [3.63, 3.8) is 0 Å². The van der Waals surface area contributed by atoms with Crippen molar-refractivity contribution >= 4 is 10.0 Å². The van der Waals surface area contributed by atoms with Gasteiger partial charge in [-0.2, -0.15) is 9.40 Å². The van der Waals surface area contributed by atoms with Gasteiger partial charge in [-0.15, -0.1) is 0 Å². The Balaban J connectivity index is 1.84. The molecule has 0 N–H and O–H groups in total. The molecule has 1 aromatic carbocycles. The van der Waals surface area contributed by atoms with Gasteiger partial charge in [-0.25, -0.2) is 13.1 Å². The number of hydrogen-bond donors (Lipinski definition) is 0. The predicted octanol–water partition coefficient (Wildman–Crippen LogP) is 1.51. The largest absolute Gasteiger partial charge is 0.268 e. The summed E-state index contributed by atoms with van der Waals surface area (Å²) in [5, 5.41) is 3.95. The first-order chi connectivity index (χ1) is 10.9. The van der Waals surface area contributed by atoms with Crippen LogP contribution in [-0.2, 0) is 10.0 Å². The van der Waals surface area contributed by atoms with Gasteiger partial charge in [-0.1, -0.05) is 30.3 Å². The molecule has 0 amide bonds. The van der Waals surface area contributed by atoms with Gasteiger partial charge in [0.15, 0.2) is 0 Å². The summed E-state index contributed by atoms with van der Waals surface area (Å²) in [6, 6.07) is 12.5. The number of hydrogen-bond acceptors (Lipinski definition) is 4. The molecule has 0 atom stereocenters. The smallest absolute Gasteiger partial charge is 0.267 e. The Hall–Kier alpha value is -1.99. The van der Waals surface area contributed by atoms with Gasteiger partial charge in [-0.3, -0.25) is 4.79 Å². The Labute approximate surface area is 135 Å². The van der Waals surface area contributed by atoms with Crippen LogP contribution in [0.15, 0.2) is 47.3 Å². The fourth-order valence-electron chi connectivity index (χ4n) is 2.53. The summed E-state index contributed by atoms with van der Waals surface area (Å²) < 4.78 is 27.0. The number of rotatable bonds is 4. The molecule has 0 spiro atoms. The third-order valence-electron chi connectivity index (χ3n) is 4.02. The van der Waals surface area contributed by atoms with Crippen molar-refractivity contribution in [1.29, 1.82) is 0 Å². The lowest BCUT2D eigenvalue weighted by Crippen LogP contribution is -2.54. The zero-order chi connectivity index (χ0) is 16.6. The quantitative estimate of drug-likeness (QED) is 0.850. The molecule has 1 aliphatic rings. The molecule has 6 nitrogen and oxygen atoms in total. The molecule has 1 saturated heterocycles. The molecule has 0 unspecified atom stereocenters. The summed E-state index contributed by atoms with van der Waals surface area (Å²) in [6.07, 6.45) is 0. The number of sulfonamides is 1. The zero-order valence-electron chi connectivity index (χ0n) is 13.1. The molecular formula is C16H19N3O3S. The van der Waals surface area contributed by atoms with E-state index in [1.807, 2.05) is 30.3 Å². The molecule has 2 heterocycles. The molecular weight excluding hydrogens is 314 g/mol. The topological polar surface area (TPSA) is 72.3 Å². The van der Waals surface area contributed by atoms with E-state index in [2.05, 4.69) is 5.10 Å². The van der Waals surface area contributed by atoms with Crippen LogP contribution < -0.4 is 5.56 Å². The lowest BCUT2D eigenvalue weighted by Gasteiger charge is -2.39. The molecule has 0 radical (unpaired) electrons. The first-order valence-corrected chi connectivity index (χ1v) is 9.04. The average Bonchev–Trinajstić information content (AvgIpc) is 2.48. The van der Waals surface area contributed by atoms with E-state index >= 15 is 0 Å². The van der Waals surface area contributed by atoms with Gasteiger partial charge in [0.05, 0.1) is 17.0 Å². The van der Waals surface area contributed by atoms with Gasteiger partial charge in [0.1, 0.15) is 0 Å². The van der Waals surface area contributed by atoms with Gasteiger partial charge in [0.25, 0.3) is 5.56 Å². The fourth-order valence-corrected chi connectivity index (χ4v) is 3.88. The maximum atomic E-state index is 12.1. The van der Waals surface area contributed by atoms with Crippen molar-refractivity contribution < 1.29 is 8.42 Å². The molecule has 23 heavy (non-hydrogen) atoms. The monoisotopic (exact) mass is 333 g/mol. The Morgan fingerprint density at radius 1 is 1.09 bits per heavy atom. The van der Waals surface area contributed by atoms with Gasteiger partial charge in [-0.05, 0) is 19.9 Å². The van der Waals surface area contributed by atoms with E-state index in [1.165, 1.54) is 15.1 Å².